The van der Waals surface area contributed by atoms with Crippen LogP contribution in [0.1, 0.15) is 0 Å². The second kappa shape index (κ2) is 4.34. The zero-order valence-electron chi connectivity index (χ0n) is 9.21. The van der Waals surface area contributed by atoms with Crippen LogP contribution in [-0.2, 0) is 0 Å². The average molecular weight is 302 g/mol. The van der Waals surface area contributed by atoms with Gasteiger partial charge in [0.1, 0.15) is 11.3 Å². The standard InChI is InChI=1S/C13H8BrN3O/c14-9-5-11-13(16-6-9)17-12(7-15-11)8-1-3-10(18)4-2-8/h1-7,18H. The van der Waals surface area contributed by atoms with Crippen molar-refractivity contribution in [2.24, 2.45) is 0 Å². The molecule has 5 heteroatoms. The molecule has 0 radical (unpaired) electrons. The molecule has 3 aromatic rings. The maximum absolute atomic E-state index is 9.25. The Morgan fingerprint density at radius 3 is 2.56 bits per heavy atom. The highest BCUT2D eigenvalue weighted by Gasteiger charge is 2.04. The van der Waals surface area contributed by atoms with E-state index in [9.17, 15) is 5.11 Å². The van der Waals surface area contributed by atoms with Gasteiger partial charge < -0.3 is 5.11 Å². The van der Waals surface area contributed by atoms with Gasteiger partial charge in [-0.15, -0.1) is 0 Å². The zero-order chi connectivity index (χ0) is 12.5. The quantitative estimate of drug-likeness (QED) is 0.750. The molecule has 0 bridgehead atoms. The Hall–Kier alpha value is -2.01. The van der Waals surface area contributed by atoms with E-state index in [1.165, 1.54) is 0 Å². The summed E-state index contributed by atoms with van der Waals surface area (Å²) >= 11 is 3.35. The van der Waals surface area contributed by atoms with Crippen LogP contribution in [0.4, 0.5) is 0 Å². The van der Waals surface area contributed by atoms with Gasteiger partial charge in [-0.2, -0.15) is 0 Å². The monoisotopic (exact) mass is 301 g/mol. The molecule has 4 nitrogen and oxygen atoms in total. The lowest BCUT2D eigenvalue weighted by molar-refractivity contribution is 0.475. The zero-order valence-corrected chi connectivity index (χ0v) is 10.8. The van der Waals surface area contributed by atoms with Gasteiger partial charge >= 0.3 is 0 Å². The molecule has 0 atom stereocenters. The number of aromatic nitrogens is 3. The van der Waals surface area contributed by atoms with Crippen molar-refractivity contribution in [2.75, 3.05) is 0 Å². The topological polar surface area (TPSA) is 58.9 Å². The number of aromatic hydroxyl groups is 1. The molecule has 0 aliphatic rings. The van der Waals surface area contributed by atoms with Crippen LogP contribution in [0, 0.1) is 0 Å². The molecule has 2 aromatic heterocycles. The Labute approximate surface area is 111 Å². The third kappa shape index (κ3) is 2.04. The molecule has 0 aliphatic carbocycles. The minimum absolute atomic E-state index is 0.231. The second-order valence-corrected chi connectivity index (χ2v) is 4.71. The van der Waals surface area contributed by atoms with E-state index in [1.54, 1.807) is 36.7 Å². The highest BCUT2D eigenvalue weighted by atomic mass is 79.9. The van der Waals surface area contributed by atoms with E-state index >= 15 is 0 Å². The van der Waals surface area contributed by atoms with Crippen molar-refractivity contribution >= 4 is 27.1 Å². The molecule has 0 aliphatic heterocycles. The average Bonchev–Trinajstić information content (AvgIpc) is 2.39. The minimum atomic E-state index is 0.231. The van der Waals surface area contributed by atoms with Crippen molar-refractivity contribution in [3.8, 4) is 17.0 Å². The number of hydrogen-bond donors (Lipinski definition) is 1. The van der Waals surface area contributed by atoms with Crippen LogP contribution >= 0.6 is 15.9 Å². The first-order chi connectivity index (χ1) is 8.72. The van der Waals surface area contributed by atoms with Gasteiger partial charge in [0.05, 0.1) is 11.9 Å². The second-order valence-electron chi connectivity index (χ2n) is 3.80. The first-order valence-corrected chi connectivity index (χ1v) is 6.09. The van der Waals surface area contributed by atoms with Crippen molar-refractivity contribution in [1.82, 2.24) is 15.0 Å². The van der Waals surface area contributed by atoms with Crippen molar-refractivity contribution in [2.45, 2.75) is 0 Å². The molecule has 1 N–H and O–H groups in total. The number of phenolic OH excluding ortho intramolecular Hbond substituents is 1. The first-order valence-electron chi connectivity index (χ1n) is 5.30. The largest absolute Gasteiger partial charge is 0.508 e. The SMILES string of the molecule is Oc1ccc(-c2cnc3cc(Br)cnc3n2)cc1. The molecule has 18 heavy (non-hydrogen) atoms. The predicted octanol–water partition coefficient (Wildman–Crippen LogP) is 3.16. The molecule has 0 saturated heterocycles. The van der Waals surface area contributed by atoms with Gasteiger partial charge in [0, 0.05) is 16.2 Å². The summed E-state index contributed by atoms with van der Waals surface area (Å²) in [6, 6.07) is 8.70. The number of fused-ring (bicyclic) bond motifs is 1. The number of phenols is 1. The summed E-state index contributed by atoms with van der Waals surface area (Å²) in [4.78, 5) is 13.0. The molecule has 0 spiro atoms. The number of rotatable bonds is 1. The molecular weight excluding hydrogens is 294 g/mol. The van der Waals surface area contributed by atoms with Gasteiger partial charge in [-0.3, -0.25) is 4.98 Å². The Balaban J connectivity index is 2.13. The summed E-state index contributed by atoms with van der Waals surface area (Å²) in [6.07, 6.45) is 3.39. The van der Waals surface area contributed by atoms with Crippen LogP contribution in [0.25, 0.3) is 22.4 Å². The van der Waals surface area contributed by atoms with Gasteiger partial charge in [-0.05, 0) is 46.3 Å². The number of hydrogen-bond acceptors (Lipinski definition) is 4. The number of halogens is 1. The number of pyridine rings is 1. The molecule has 3 rings (SSSR count). The van der Waals surface area contributed by atoms with Crippen molar-refractivity contribution in [1.29, 1.82) is 0 Å². The Kier molecular flexibility index (Phi) is 2.68. The maximum atomic E-state index is 9.25. The molecule has 88 valence electrons. The van der Waals surface area contributed by atoms with Crippen molar-refractivity contribution in [3.05, 3.63) is 47.2 Å². The maximum Gasteiger partial charge on any atom is 0.178 e. The van der Waals surface area contributed by atoms with Crippen LogP contribution in [0.15, 0.2) is 47.2 Å². The summed E-state index contributed by atoms with van der Waals surface area (Å²) in [7, 11) is 0. The summed E-state index contributed by atoms with van der Waals surface area (Å²) in [5.41, 5.74) is 2.97. The van der Waals surface area contributed by atoms with E-state index < -0.39 is 0 Å². The minimum Gasteiger partial charge on any atom is -0.508 e. The molecule has 0 unspecified atom stereocenters. The van der Waals surface area contributed by atoms with Crippen LogP contribution in [0.5, 0.6) is 5.75 Å². The van der Waals surface area contributed by atoms with E-state index in [-0.39, 0.29) is 5.75 Å². The van der Waals surface area contributed by atoms with E-state index in [0.717, 1.165) is 21.2 Å². The summed E-state index contributed by atoms with van der Waals surface area (Å²) in [5.74, 6) is 0.231. The summed E-state index contributed by atoms with van der Waals surface area (Å²) in [6.45, 7) is 0. The van der Waals surface area contributed by atoms with Gasteiger partial charge in [0.25, 0.3) is 0 Å². The molecule has 1 aromatic carbocycles. The van der Waals surface area contributed by atoms with Crippen molar-refractivity contribution < 1.29 is 5.11 Å². The van der Waals surface area contributed by atoms with Crippen LogP contribution < -0.4 is 0 Å². The van der Waals surface area contributed by atoms with Gasteiger partial charge in [-0.25, -0.2) is 9.97 Å². The molecule has 2 heterocycles. The van der Waals surface area contributed by atoms with E-state index in [1.807, 2.05) is 6.07 Å². The van der Waals surface area contributed by atoms with Crippen LogP contribution in [-0.4, -0.2) is 20.1 Å². The molecule has 0 amide bonds. The lowest BCUT2D eigenvalue weighted by Crippen LogP contribution is -1.90. The van der Waals surface area contributed by atoms with Gasteiger partial charge in [-0.1, -0.05) is 0 Å². The summed E-state index contributed by atoms with van der Waals surface area (Å²) < 4.78 is 0.877. The summed E-state index contributed by atoms with van der Waals surface area (Å²) in [5, 5.41) is 9.25. The fourth-order valence-corrected chi connectivity index (χ4v) is 1.97. The van der Waals surface area contributed by atoms with Crippen LogP contribution in [0.2, 0.25) is 0 Å². The Bertz CT molecular complexity index is 713. The third-order valence-corrected chi connectivity index (χ3v) is 2.96. The molecule has 0 fully saturated rings. The third-order valence-electron chi connectivity index (χ3n) is 2.53. The highest BCUT2D eigenvalue weighted by molar-refractivity contribution is 9.10. The Morgan fingerprint density at radius 1 is 1.00 bits per heavy atom. The van der Waals surface area contributed by atoms with Gasteiger partial charge in [0.2, 0.25) is 0 Å². The smallest absolute Gasteiger partial charge is 0.178 e. The highest BCUT2D eigenvalue weighted by Crippen LogP contribution is 2.21. The van der Waals surface area contributed by atoms with Crippen LogP contribution in [0.3, 0.4) is 0 Å². The number of benzene rings is 1. The first kappa shape index (κ1) is 11.1. The van der Waals surface area contributed by atoms with E-state index in [0.29, 0.717) is 5.65 Å². The molecular formula is C13H8BrN3O. The van der Waals surface area contributed by atoms with E-state index in [2.05, 4.69) is 30.9 Å². The van der Waals surface area contributed by atoms with Gasteiger partial charge in [0.15, 0.2) is 5.65 Å². The lowest BCUT2D eigenvalue weighted by atomic mass is 10.1. The normalized spacial score (nSPS) is 10.7. The predicted molar refractivity (Wildman–Crippen MR) is 72.1 cm³/mol. The van der Waals surface area contributed by atoms with Crippen molar-refractivity contribution in [3.63, 3.8) is 0 Å². The number of nitrogens with zero attached hydrogens (tertiary/aromatic N) is 3. The lowest BCUT2D eigenvalue weighted by Gasteiger charge is -2.02. The Morgan fingerprint density at radius 2 is 1.78 bits per heavy atom. The fraction of sp³-hybridized carbons (Fsp3) is 0. The van der Waals surface area contributed by atoms with E-state index in [4.69, 9.17) is 0 Å². The molecule has 0 saturated carbocycles. The fourth-order valence-electron chi connectivity index (χ4n) is 1.65.